The molecule has 0 unspecified atom stereocenters. The van der Waals surface area contributed by atoms with Gasteiger partial charge < -0.3 is 4.74 Å². The Morgan fingerprint density at radius 3 is 2.00 bits per heavy atom. The Kier molecular flexibility index (Phi) is 5.26. The summed E-state index contributed by atoms with van der Waals surface area (Å²) in [7, 11) is -5.80. The second-order valence-corrected chi connectivity index (χ2v) is 6.26. The van der Waals surface area contributed by atoms with Crippen molar-refractivity contribution in [1.82, 2.24) is 0 Å². The summed E-state index contributed by atoms with van der Waals surface area (Å²) in [5.74, 6) is -4.96. The molecule has 0 atom stereocenters. The number of alkyl halides is 6. The highest BCUT2D eigenvalue weighted by molar-refractivity contribution is 7.85. The maximum Gasteiger partial charge on any atom is 0.438 e. The molecule has 0 spiro atoms. The number of esters is 1. The van der Waals surface area contributed by atoms with Gasteiger partial charge in [0.05, 0.1) is 5.56 Å². The first-order chi connectivity index (χ1) is 10.6. The molecule has 0 radical (unpaired) electrons. The quantitative estimate of drug-likeness (QED) is 0.494. The van der Waals surface area contributed by atoms with Gasteiger partial charge in [-0.05, 0) is 19.1 Å². The lowest BCUT2D eigenvalue weighted by Crippen LogP contribution is -2.63. The van der Waals surface area contributed by atoms with E-state index in [-0.39, 0.29) is 0 Å². The van der Waals surface area contributed by atoms with Crippen LogP contribution in [0.25, 0.3) is 0 Å². The van der Waals surface area contributed by atoms with Crippen molar-refractivity contribution in [2.24, 2.45) is 0 Å². The molecular weight excluding hydrogens is 370 g/mol. The van der Waals surface area contributed by atoms with Gasteiger partial charge in [0.25, 0.3) is 10.1 Å². The molecule has 0 aromatic heterocycles. The van der Waals surface area contributed by atoms with Gasteiger partial charge in [-0.15, -0.1) is 0 Å². The fourth-order valence-corrected chi connectivity index (χ4v) is 2.62. The number of hydrogen-bond acceptors (Lipinski definition) is 4. The molecule has 0 saturated carbocycles. The SMILES string of the molecule is Cc1cccc(C(=O)OC(CS(=O)(=O)O)(C(F)(F)F)C(F)(F)F)c1. The largest absolute Gasteiger partial charge is 0.438 e. The van der Waals surface area contributed by atoms with Gasteiger partial charge in [0.15, 0.2) is 0 Å². The second kappa shape index (κ2) is 6.24. The summed E-state index contributed by atoms with van der Waals surface area (Å²) in [6.07, 6.45) is -12.7. The standard InChI is InChI=1S/C12H10F6O5S/c1-7-3-2-4-8(5-7)9(19)23-10(11(13,14)15,12(16,17)18)6-24(20,21)22/h2-5H,6H2,1H3,(H,20,21,22). The van der Waals surface area contributed by atoms with E-state index < -0.39 is 45.4 Å². The highest BCUT2D eigenvalue weighted by atomic mass is 32.2. The molecule has 0 saturated heterocycles. The molecule has 0 aliphatic heterocycles. The Labute approximate surface area is 132 Å². The van der Waals surface area contributed by atoms with Gasteiger partial charge in [0.2, 0.25) is 0 Å². The molecule has 12 heteroatoms. The predicted molar refractivity (Wildman–Crippen MR) is 67.9 cm³/mol. The van der Waals surface area contributed by atoms with E-state index >= 15 is 0 Å². The molecule has 0 heterocycles. The van der Waals surface area contributed by atoms with Gasteiger partial charge in [0.1, 0.15) is 5.75 Å². The third-order valence-electron chi connectivity index (χ3n) is 2.82. The van der Waals surface area contributed by atoms with Crippen molar-refractivity contribution in [3.05, 3.63) is 35.4 Å². The highest BCUT2D eigenvalue weighted by Crippen LogP contribution is 2.47. The Balaban J connectivity index is 3.45. The topological polar surface area (TPSA) is 80.7 Å². The number of hydrogen-bond donors (Lipinski definition) is 1. The van der Waals surface area contributed by atoms with E-state index in [1.54, 1.807) is 0 Å². The minimum absolute atomic E-state index is 0.337. The average Bonchev–Trinajstić information content (AvgIpc) is 2.33. The zero-order valence-corrected chi connectivity index (χ0v) is 12.6. The molecule has 0 aliphatic carbocycles. The molecule has 136 valence electrons. The molecule has 0 fully saturated rings. The molecule has 1 N–H and O–H groups in total. The lowest BCUT2D eigenvalue weighted by Gasteiger charge is -2.35. The van der Waals surface area contributed by atoms with E-state index in [1.165, 1.54) is 19.1 Å². The number of aryl methyl sites for hydroxylation is 1. The smallest absolute Gasteiger partial charge is 0.435 e. The lowest BCUT2D eigenvalue weighted by molar-refractivity contribution is -0.356. The third-order valence-corrected chi connectivity index (χ3v) is 3.59. The molecule has 24 heavy (non-hydrogen) atoms. The summed E-state index contributed by atoms with van der Waals surface area (Å²) in [5.41, 5.74) is -5.72. The molecule has 1 rings (SSSR count). The van der Waals surface area contributed by atoms with E-state index in [0.29, 0.717) is 5.56 Å². The zero-order chi connectivity index (χ0) is 19.0. The minimum atomic E-state index is -6.35. The van der Waals surface area contributed by atoms with E-state index in [9.17, 15) is 39.6 Å². The number of rotatable bonds is 4. The highest BCUT2D eigenvalue weighted by Gasteiger charge is 2.76. The first-order valence-corrected chi connectivity index (χ1v) is 7.58. The Bertz CT molecular complexity index is 708. The van der Waals surface area contributed by atoms with Crippen molar-refractivity contribution in [2.45, 2.75) is 24.9 Å². The average molecular weight is 380 g/mol. The van der Waals surface area contributed by atoms with Gasteiger partial charge in [0, 0.05) is 0 Å². The number of benzene rings is 1. The molecule has 0 bridgehead atoms. The van der Waals surface area contributed by atoms with Crippen LogP contribution in [0.1, 0.15) is 15.9 Å². The van der Waals surface area contributed by atoms with Gasteiger partial charge in [-0.3, -0.25) is 4.55 Å². The van der Waals surface area contributed by atoms with Crippen molar-refractivity contribution in [1.29, 1.82) is 0 Å². The van der Waals surface area contributed by atoms with E-state index in [0.717, 1.165) is 12.1 Å². The molecule has 5 nitrogen and oxygen atoms in total. The Morgan fingerprint density at radius 1 is 1.12 bits per heavy atom. The van der Waals surface area contributed by atoms with Crippen LogP contribution in [0.15, 0.2) is 24.3 Å². The van der Waals surface area contributed by atoms with Crippen LogP contribution in [0.2, 0.25) is 0 Å². The van der Waals surface area contributed by atoms with Crippen molar-refractivity contribution >= 4 is 16.1 Å². The number of halogens is 6. The summed E-state index contributed by atoms with van der Waals surface area (Å²) in [5, 5.41) is 0. The molecule has 1 aromatic rings. The predicted octanol–water partition coefficient (Wildman–Crippen LogP) is 2.90. The normalized spacial score (nSPS) is 13.7. The van der Waals surface area contributed by atoms with Gasteiger partial charge in [-0.25, -0.2) is 4.79 Å². The van der Waals surface area contributed by atoms with Crippen LogP contribution in [0, 0.1) is 6.92 Å². The Hall–Kier alpha value is -1.82. The van der Waals surface area contributed by atoms with Crippen molar-refractivity contribution in [3.8, 4) is 0 Å². The van der Waals surface area contributed by atoms with Crippen LogP contribution in [-0.4, -0.2) is 42.6 Å². The number of ether oxygens (including phenoxy) is 1. The van der Waals surface area contributed by atoms with Crippen LogP contribution in [0.4, 0.5) is 26.3 Å². The van der Waals surface area contributed by atoms with E-state index in [1.807, 2.05) is 0 Å². The van der Waals surface area contributed by atoms with E-state index in [2.05, 4.69) is 4.74 Å². The summed E-state index contributed by atoms with van der Waals surface area (Å²) >= 11 is 0. The number of carbonyl (C=O) groups is 1. The maximum atomic E-state index is 13.0. The van der Waals surface area contributed by atoms with Gasteiger partial charge in [-0.1, -0.05) is 17.7 Å². The second-order valence-electron chi connectivity index (χ2n) is 4.81. The minimum Gasteiger partial charge on any atom is -0.435 e. The fourth-order valence-electron chi connectivity index (χ4n) is 1.72. The van der Waals surface area contributed by atoms with Crippen LogP contribution in [-0.2, 0) is 14.9 Å². The summed E-state index contributed by atoms with van der Waals surface area (Å²) in [6.45, 7) is 1.41. The molecular formula is C12H10F6O5S. The zero-order valence-electron chi connectivity index (χ0n) is 11.8. The summed E-state index contributed by atoms with van der Waals surface area (Å²) in [6, 6.07) is 4.43. The molecule has 0 amide bonds. The monoisotopic (exact) mass is 380 g/mol. The van der Waals surface area contributed by atoms with Crippen LogP contribution in [0.5, 0.6) is 0 Å². The fraction of sp³-hybridized carbons (Fsp3) is 0.417. The Morgan fingerprint density at radius 2 is 1.62 bits per heavy atom. The first kappa shape index (κ1) is 20.2. The molecule has 0 aliphatic rings. The summed E-state index contributed by atoms with van der Waals surface area (Å²) in [4.78, 5) is 11.7. The van der Waals surface area contributed by atoms with Crippen LogP contribution in [0.3, 0.4) is 0 Å². The molecule has 1 aromatic carbocycles. The van der Waals surface area contributed by atoms with Gasteiger partial charge >= 0.3 is 23.9 Å². The van der Waals surface area contributed by atoms with Crippen LogP contribution < -0.4 is 0 Å². The third kappa shape index (κ3) is 4.38. The maximum absolute atomic E-state index is 13.0. The van der Waals surface area contributed by atoms with Crippen molar-refractivity contribution in [3.63, 3.8) is 0 Å². The van der Waals surface area contributed by atoms with Crippen molar-refractivity contribution in [2.75, 3.05) is 5.75 Å². The van der Waals surface area contributed by atoms with Crippen molar-refractivity contribution < 1.29 is 48.8 Å². The lowest BCUT2D eigenvalue weighted by atomic mass is 10.0. The van der Waals surface area contributed by atoms with Gasteiger partial charge in [-0.2, -0.15) is 34.8 Å². The first-order valence-electron chi connectivity index (χ1n) is 5.98. The van der Waals surface area contributed by atoms with E-state index in [4.69, 9.17) is 4.55 Å². The number of carbonyl (C=O) groups excluding carboxylic acids is 1. The van der Waals surface area contributed by atoms with Crippen LogP contribution >= 0.6 is 0 Å². The summed E-state index contributed by atoms with van der Waals surface area (Å²) < 4.78 is 111.